The van der Waals surface area contributed by atoms with Crippen LogP contribution in [0.5, 0.6) is 0 Å². The van der Waals surface area contributed by atoms with Crippen molar-refractivity contribution in [3.8, 4) is 0 Å². The summed E-state index contributed by atoms with van der Waals surface area (Å²) in [4.78, 5) is 10.8. The van der Waals surface area contributed by atoms with Gasteiger partial charge in [0.05, 0.1) is 11.1 Å². The van der Waals surface area contributed by atoms with Crippen molar-refractivity contribution in [1.29, 1.82) is 0 Å². The van der Waals surface area contributed by atoms with Crippen LogP contribution in [0.3, 0.4) is 0 Å². The number of fused-ring (bicyclic) bond motifs is 1. The van der Waals surface area contributed by atoms with Crippen molar-refractivity contribution in [2.75, 3.05) is 0 Å². The van der Waals surface area contributed by atoms with Gasteiger partial charge in [-0.3, -0.25) is 5.10 Å². The molecule has 0 saturated heterocycles. The molecule has 0 bridgehead atoms. The van der Waals surface area contributed by atoms with Gasteiger partial charge in [-0.05, 0) is 25.0 Å². The summed E-state index contributed by atoms with van der Waals surface area (Å²) in [6, 6.07) is 5.09. The molecule has 1 aliphatic carbocycles. The number of carboxylic acids is 1. The second kappa shape index (κ2) is 2.82. The number of hydrogen-bond acceptors (Lipinski definition) is 2. The molecule has 1 aliphatic rings. The molecule has 3 rings (SSSR count). The van der Waals surface area contributed by atoms with E-state index in [1.165, 1.54) is 12.8 Å². The molecule has 0 unspecified atom stereocenters. The molecule has 1 fully saturated rings. The smallest absolute Gasteiger partial charge is 0.335 e. The largest absolute Gasteiger partial charge is 0.478 e. The van der Waals surface area contributed by atoms with Crippen molar-refractivity contribution in [2.45, 2.75) is 18.8 Å². The van der Waals surface area contributed by atoms with Crippen LogP contribution in [0.2, 0.25) is 0 Å². The fraction of sp³-hybridized carbons (Fsp3) is 0.273. The molecule has 1 heterocycles. The molecule has 0 atom stereocenters. The van der Waals surface area contributed by atoms with E-state index in [-0.39, 0.29) is 5.56 Å². The molecule has 0 amide bonds. The van der Waals surface area contributed by atoms with Gasteiger partial charge in [0.15, 0.2) is 0 Å². The van der Waals surface area contributed by atoms with Crippen LogP contribution < -0.4 is 0 Å². The van der Waals surface area contributed by atoms with Gasteiger partial charge in [-0.25, -0.2) is 4.79 Å². The molecule has 1 saturated carbocycles. The monoisotopic (exact) mass is 202 g/mol. The molecule has 2 N–H and O–H groups in total. The Hall–Kier alpha value is -1.84. The topological polar surface area (TPSA) is 66.0 Å². The lowest BCUT2D eigenvalue weighted by Gasteiger charge is -1.95. The van der Waals surface area contributed by atoms with E-state index in [1.807, 2.05) is 6.07 Å². The number of benzene rings is 1. The lowest BCUT2D eigenvalue weighted by atomic mass is 10.1. The molecule has 15 heavy (non-hydrogen) atoms. The van der Waals surface area contributed by atoms with E-state index >= 15 is 0 Å². The first kappa shape index (κ1) is 8.47. The molecule has 2 aromatic rings. The van der Waals surface area contributed by atoms with Crippen LogP contribution >= 0.6 is 0 Å². The Bertz CT molecular complexity index is 541. The van der Waals surface area contributed by atoms with E-state index in [0.29, 0.717) is 5.92 Å². The van der Waals surface area contributed by atoms with Gasteiger partial charge in [-0.2, -0.15) is 5.10 Å². The van der Waals surface area contributed by atoms with Crippen molar-refractivity contribution in [1.82, 2.24) is 10.2 Å². The minimum absolute atomic E-state index is 0.288. The summed E-state index contributed by atoms with van der Waals surface area (Å²) >= 11 is 0. The van der Waals surface area contributed by atoms with Crippen LogP contribution in [0.4, 0.5) is 0 Å². The summed E-state index contributed by atoms with van der Waals surface area (Å²) in [5.41, 5.74) is 2.19. The highest BCUT2D eigenvalue weighted by atomic mass is 16.4. The molecule has 0 spiro atoms. The van der Waals surface area contributed by atoms with Crippen LogP contribution in [0.15, 0.2) is 18.2 Å². The highest BCUT2D eigenvalue weighted by Crippen LogP contribution is 2.41. The first-order valence-electron chi connectivity index (χ1n) is 4.97. The van der Waals surface area contributed by atoms with E-state index in [2.05, 4.69) is 10.2 Å². The quantitative estimate of drug-likeness (QED) is 0.784. The number of aromatic carboxylic acids is 1. The number of carbonyl (C=O) groups is 1. The van der Waals surface area contributed by atoms with E-state index < -0.39 is 5.97 Å². The molecule has 76 valence electrons. The zero-order chi connectivity index (χ0) is 10.4. The zero-order valence-corrected chi connectivity index (χ0v) is 8.03. The SMILES string of the molecule is O=C(O)c1ccc2c(C3CC3)[nH]nc2c1. The van der Waals surface area contributed by atoms with Crippen molar-refractivity contribution < 1.29 is 9.90 Å². The number of nitrogens with one attached hydrogen (secondary N) is 1. The fourth-order valence-electron chi connectivity index (χ4n) is 1.85. The molecular weight excluding hydrogens is 192 g/mol. The second-order valence-electron chi connectivity index (χ2n) is 3.95. The lowest BCUT2D eigenvalue weighted by molar-refractivity contribution is 0.0697. The van der Waals surface area contributed by atoms with Gasteiger partial charge in [-0.15, -0.1) is 0 Å². The third kappa shape index (κ3) is 1.29. The molecular formula is C11H10N2O2. The average molecular weight is 202 g/mol. The van der Waals surface area contributed by atoms with Crippen LogP contribution in [0, 0.1) is 0 Å². The van der Waals surface area contributed by atoms with Gasteiger partial charge in [0.2, 0.25) is 0 Å². The molecule has 4 nitrogen and oxygen atoms in total. The highest BCUT2D eigenvalue weighted by Gasteiger charge is 2.27. The predicted octanol–water partition coefficient (Wildman–Crippen LogP) is 2.14. The standard InChI is InChI=1S/C11H10N2O2/c14-11(15)7-3-4-8-9(5-7)12-13-10(8)6-1-2-6/h3-6H,1-2H2,(H,12,13)(H,14,15). The van der Waals surface area contributed by atoms with Crippen LogP contribution in [0.25, 0.3) is 10.9 Å². The number of H-pyrrole nitrogens is 1. The third-order valence-electron chi connectivity index (χ3n) is 2.82. The maximum absolute atomic E-state index is 10.8. The number of hydrogen-bond donors (Lipinski definition) is 2. The Labute approximate surface area is 85.9 Å². The molecule has 1 aromatic heterocycles. The summed E-state index contributed by atoms with van der Waals surface area (Å²) < 4.78 is 0. The van der Waals surface area contributed by atoms with Gasteiger partial charge in [-0.1, -0.05) is 6.07 Å². The minimum atomic E-state index is -0.909. The lowest BCUT2D eigenvalue weighted by Crippen LogP contribution is -1.94. The number of rotatable bonds is 2. The third-order valence-corrected chi connectivity index (χ3v) is 2.82. The van der Waals surface area contributed by atoms with E-state index in [0.717, 1.165) is 16.6 Å². The number of aromatic nitrogens is 2. The molecule has 4 heteroatoms. The van der Waals surface area contributed by atoms with E-state index in [9.17, 15) is 4.79 Å². The summed E-state index contributed by atoms with van der Waals surface area (Å²) in [6.07, 6.45) is 2.41. The van der Waals surface area contributed by atoms with Crippen LogP contribution in [0.1, 0.15) is 34.8 Å². The normalized spacial score (nSPS) is 15.7. The summed E-state index contributed by atoms with van der Waals surface area (Å²) in [5.74, 6) is -0.307. The van der Waals surface area contributed by atoms with Gasteiger partial charge < -0.3 is 5.11 Å². The Balaban J connectivity index is 2.17. The van der Waals surface area contributed by atoms with Gasteiger partial charge in [0.1, 0.15) is 0 Å². The Morgan fingerprint density at radius 3 is 2.93 bits per heavy atom. The predicted molar refractivity (Wildman–Crippen MR) is 55.0 cm³/mol. The van der Waals surface area contributed by atoms with Crippen molar-refractivity contribution in [3.63, 3.8) is 0 Å². The summed E-state index contributed by atoms with van der Waals surface area (Å²) in [5, 5.41) is 17.0. The maximum atomic E-state index is 10.8. The maximum Gasteiger partial charge on any atom is 0.335 e. The average Bonchev–Trinajstić information content (AvgIpc) is 2.98. The van der Waals surface area contributed by atoms with Crippen molar-refractivity contribution in [3.05, 3.63) is 29.5 Å². The van der Waals surface area contributed by atoms with Crippen molar-refractivity contribution >= 4 is 16.9 Å². The number of aromatic amines is 1. The molecule has 1 aromatic carbocycles. The Morgan fingerprint density at radius 1 is 1.47 bits per heavy atom. The van der Waals surface area contributed by atoms with Gasteiger partial charge in [0.25, 0.3) is 0 Å². The van der Waals surface area contributed by atoms with E-state index in [4.69, 9.17) is 5.11 Å². The second-order valence-corrected chi connectivity index (χ2v) is 3.95. The Kier molecular flexibility index (Phi) is 1.59. The van der Waals surface area contributed by atoms with Gasteiger partial charge >= 0.3 is 5.97 Å². The fourth-order valence-corrected chi connectivity index (χ4v) is 1.85. The minimum Gasteiger partial charge on any atom is -0.478 e. The highest BCUT2D eigenvalue weighted by molar-refractivity contribution is 5.93. The van der Waals surface area contributed by atoms with Gasteiger partial charge in [0, 0.05) is 17.0 Å². The first-order chi connectivity index (χ1) is 7.25. The van der Waals surface area contributed by atoms with Crippen LogP contribution in [-0.2, 0) is 0 Å². The summed E-state index contributed by atoms with van der Waals surface area (Å²) in [6.45, 7) is 0. The zero-order valence-electron chi connectivity index (χ0n) is 8.03. The van der Waals surface area contributed by atoms with E-state index in [1.54, 1.807) is 12.1 Å². The summed E-state index contributed by atoms with van der Waals surface area (Å²) in [7, 11) is 0. The van der Waals surface area contributed by atoms with Crippen molar-refractivity contribution in [2.24, 2.45) is 0 Å². The number of nitrogens with zero attached hydrogens (tertiary/aromatic N) is 1. The molecule has 0 aliphatic heterocycles. The number of carboxylic acid groups (broad SMARTS) is 1. The first-order valence-corrected chi connectivity index (χ1v) is 4.97. The van der Waals surface area contributed by atoms with Crippen LogP contribution in [-0.4, -0.2) is 21.3 Å². The molecule has 0 radical (unpaired) electrons. The Morgan fingerprint density at radius 2 is 2.27 bits per heavy atom.